The smallest absolute Gasteiger partial charge is 0.338 e. The third-order valence-corrected chi connectivity index (χ3v) is 1.73. The molecule has 0 aromatic carbocycles. The number of esters is 1. The van der Waals surface area contributed by atoms with Crippen LogP contribution in [0.1, 0.15) is 6.92 Å². The zero-order chi connectivity index (χ0) is 8.48. The topological polar surface area (TPSA) is 48.1 Å². The van der Waals surface area contributed by atoms with Gasteiger partial charge < -0.3 is 14.2 Å². The third kappa shape index (κ3) is 1.52. The van der Waals surface area contributed by atoms with Crippen molar-refractivity contribution in [3.8, 4) is 0 Å². The van der Waals surface area contributed by atoms with Crippen LogP contribution in [-0.2, 0) is 19.0 Å². The Kier molecular flexibility index (Phi) is 2.15. The van der Waals surface area contributed by atoms with Gasteiger partial charge in [0.1, 0.15) is 5.60 Å². The van der Waals surface area contributed by atoms with Gasteiger partial charge in [-0.15, -0.1) is 0 Å². The molecule has 1 aliphatic rings. The van der Waals surface area contributed by atoms with Crippen LogP contribution in [0.25, 0.3) is 0 Å². The van der Waals surface area contributed by atoms with Gasteiger partial charge in [-0.05, 0) is 6.92 Å². The molecule has 0 aromatic heterocycles. The van der Waals surface area contributed by atoms with Crippen molar-refractivity contribution >= 4 is 5.97 Å². The van der Waals surface area contributed by atoms with Crippen LogP contribution in [-0.4, -0.2) is 38.5 Å². The zero-order valence-electron chi connectivity index (χ0n) is 6.92. The normalized spacial score (nSPS) is 35.0. The summed E-state index contributed by atoms with van der Waals surface area (Å²) in [5.74, 6) is -0.329. The molecule has 1 fully saturated rings. The first kappa shape index (κ1) is 8.49. The molecule has 0 saturated carbocycles. The number of hydrogen-bond acceptors (Lipinski definition) is 4. The molecule has 1 saturated heterocycles. The SMILES string of the molecule is COC[C@]1(C)O[C@H]1C(=O)OC. The highest BCUT2D eigenvalue weighted by atomic mass is 16.7. The Morgan fingerprint density at radius 2 is 2.27 bits per heavy atom. The van der Waals surface area contributed by atoms with Gasteiger partial charge in [-0.1, -0.05) is 0 Å². The summed E-state index contributed by atoms with van der Waals surface area (Å²) >= 11 is 0. The van der Waals surface area contributed by atoms with Crippen molar-refractivity contribution in [1.82, 2.24) is 0 Å². The Morgan fingerprint density at radius 1 is 1.64 bits per heavy atom. The quantitative estimate of drug-likeness (QED) is 0.429. The predicted octanol–water partition coefficient (Wildman–Crippen LogP) is -0.0367. The van der Waals surface area contributed by atoms with Crippen molar-refractivity contribution < 1.29 is 19.0 Å². The highest BCUT2D eigenvalue weighted by Gasteiger charge is 2.58. The van der Waals surface area contributed by atoms with Crippen LogP contribution in [0.4, 0.5) is 0 Å². The van der Waals surface area contributed by atoms with Crippen LogP contribution >= 0.6 is 0 Å². The Balaban J connectivity index is 2.39. The standard InChI is InChI=1S/C7H12O4/c1-7(4-9-2)5(11-7)6(8)10-3/h5H,4H2,1-3H3/t5-,7-/m0/s1. The first-order valence-electron chi connectivity index (χ1n) is 3.38. The molecule has 0 spiro atoms. The van der Waals surface area contributed by atoms with E-state index in [2.05, 4.69) is 4.74 Å². The molecule has 0 N–H and O–H groups in total. The van der Waals surface area contributed by atoms with Gasteiger partial charge in [-0.3, -0.25) is 0 Å². The maximum Gasteiger partial charge on any atom is 0.338 e. The van der Waals surface area contributed by atoms with Gasteiger partial charge >= 0.3 is 5.97 Å². The molecular weight excluding hydrogens is 148 g/mol. The summed E-state index contributed by atoms with van der Waals surface area (Å²) in [6.07, 6.45) is -0.438. The molecule has 0 amide bonds. The van der Waals surface area contributed by atoms with Crippen molar-refractivity contribution in [2.45, 2.75) is 18.6 Å². The molecule has 1 aliphatic heterocycles. The minimum Gasteiger partial charge on any atom is -0.467 e. The highest BCUT2D eigenvalue weighted by Crippen LogP contribution is 2.36. The first-order valence-corrected chi connectivity index (χ1v) is 3.38. The van der Waals surface area contributed by atoms with Crippen molar-refractivity contribution in [2.24, 2.45) is 0 Å². The molecule has 64 valence electrons. The van der Waals surface area contributed by atoms with E-state index in [4.69, 9.17) is 9.47 Å². The van der Waals surface area contributed by atoms with Gasteiger partial charge in [-0.2, -0.15) is 0 Å². The molecule has 0 aromatic rings. The van der Waals surface area contributed by atoms with Crippen molar-refractivity contribution in [1.29, 1.82) is 0 Å². The van der Waals surface area contributed by atoms with Crippen molar-refractivity contribution in [3.63, 3.8) is 0 Å². The number of rotatable bonds is 3. The highest BCUT2D eigenvalue weighted by molar-refractivity contribution is 5.79. The van der Waals surface area contributed by atoms with Gasteiger partial charge in [0.25, 0.3) is 0 Å². The molecule has 1 rings (SSSR count). The van der Waals surface area contributed by atoms with E-state index in [0.717, 1.165) is 0 Å². The number of ether oxygens (including phenoxy) is 3. The molecule has 2 atom stereocenters. The van der Waals surface area contributed by atoms with E-state index < -0.39 is 11.7 Å². The molecule has 0 radical (unpaired) electrons. The lowest BCUT2D eigenvalue weighted by Crippen LogP contribution is -2.23. The molecule has 4 heteroatoms. The number of hydrogen-bond donors (Lipinski definition) is 0. The van der Waals surface area contributed by atoms with Crippen LogP contribution in [0, 0.1) is 0 Å². The minimum atomic E-state index is -0.457. The monoisotopic (exact) mass is 160 g/mol. The van der Waals surface area contributed by atoms with Crippen LogP contribution in [0.3, 0.4) is 0 Å². The van der Waals surface area contributed by atoms with E-state index in [-0.39, 0.29) is 5.97 Å². The minimum absolute atomic E-state index is 0.329. The second-order valence-electron chi connectivity index (χ2n) is 2.77. The van der Waals surface area contributed by atoms with Crippen molar-refractivity contribution in [3.05, 3.63) is 0 Å². The van der Waals surface area contributed by atoms with E-state index in [9.17, 15) is 4.79 Å². The largest absolute Gasteiger partial charge is 0.467 e. The maximum absolute atomic E-state index is 10.9. The summed E-state index contributed by atoms with van der Waals surface area (Å²) in [5.41, 5.74) is -0.457. The number of carbonyl (C=O) groups excluding carboxylic acids is 1. The van der Waals surface area contributed by atoms with Gasteiger partial charge in [0.15, 0.2) is 6.10 Å². The average Bonchev–Trinajstić information content (AvgIpc) is 2.62. The van der Waals surface area contributed by atoms with Gasteiger partial charge in [0.05, 0.1) is 13.7 Å². The first-order chi connectivity index (χ1) is 5.14. The summed E-state index contributed by atoms with van der Waals surface area (Å²) in [6.45, 7) is 2.24. The van der Waals surface area contributed by atoms with Crippen molar-refractivity contribution in [2.75, 3.05) is 20.8 Å². The Bertz CT molecular complexity index is 168. The number of carbonyl (C=O) groups is 1. The van der Waals surface area contributed by atoms with E-state index in [1.54, 1.807) is 7.11 Å². The second kappa shape index (κ2) is 2.79. The molecule has 0 aliphatic carbocycles. The van der Waals surface area contributed by atoms with E-state index in [1.165, 1.54) is 7.11 Å². The molecule has 4 nitrogen and oxygen atoms in total. The molecule has 1 heterocycles. The summed E-state index contributed by atoms with van der Waals surface area (Å²) in [4.78, 5) is 10.9. The van der Waals surface area contributed by atoms with Crippen LogP contribution in [0.15, 0.2) is 0 Å². The average molecular weight is 160 g/mol. The summed E-state index contributed by atoms with van der Waals surface area (Å²) in [7, 11) is 2.92. The fourth-order valence-corrected chi connectivity index (χ4v) is 1.04. The molecule has 11 heavy (non-hydrogen) atoms. The van der Waals surface area contributed by atoms with Crippen LogP contribution in [0.5, 0.6) is 0 Å². The van der Waals surface area contributed by atoms with Crippen LogP contribution in [0.2, 0.25) is 0 Å². The van der Waals surface area contributed by atoms with E-state index >= 15 is 0 Å². The fraction of sp³-hybridized carbons (Fsp3) is 0.857. The van der Waals surface area contributed by atoms with Gasteiger partial charge in [0.2, 0.25) is 0 Å². The van der Waals surface area contributed by atoms with Crippen LogP contribution < -0.4 is 0 Å². The number of methoxy groups -OCH3 is 2. The maximum atomic E-state index is 10.9. The Hall–Kier alpha value is -0.610. The number of epoxide rings is 1. The van der Waals surface area contributed by atoms with E-state index in [1.807, 2.05) is 6.92 Å². The molecule has 0 bridgehead atoms. The fourth-order valence-electron chi connectivity index (χ4n) is 1.04. The lowest BCUT2D eigenvalue weighted by Gasteiger charge is -2.01. The summed E-state index contributed by atoms with van der Waals surface area (Å²) in [5, 5.41) is 0. The Labute approximate surface area is 65.4 Å². The lowest BCUT2D eigenvalue weighted by molar-refractivity contribution is -0.142. The zero-order valence-corrected chi connectivity index (χ0v) is 6.92. The lowest BCUT2D eigenvalue weighted by atomic mass is 10.1. The summed E-state index contributed by atoms with van der Waals surface area (Å²) < 4.78 is 14.5. The molecule has 0 unspecified atom stereocenters. The second-order valence-corrected chi connectivity index (χ2v) is 2.77. The predicted molar refractivity (Wildman–Crippen MR) is 37.2 cm³/mol. The van der Waals surface area contributed by atoms with Gasteiger partial charge in [-0.25, -0.2) is 4.79 Å². The summed E-state index contributed by atoms with van der Waals surface area (Å²) in [6, 6.07) is 0. The van der Waals surface area contributed by atoms with Gasteiger partial charge in [0, 0.05) is 7.11 Å². The Morgan fingerprint density at radius 3 is 2.73 bits per heavy atom. The third-order valence-electron chi connectivity index (χ3n) is 1.73. The molecular formula is C7H12O4. The van der Waals surface area contributed by atoms with E-state index in [0.29, 0.717) is 6.61 Å².